The Labute approximate surface area is 175 Å². The predicted molar refractivity (Wildman–Crippen MR) is 110 cm³/mol. The number of likely N-dealkylation sites (tertiary alicyclic amines) is 1. The lowest BCUT2D eigenvalue weighted by Crippen LogP contribution is -2.46. The van der Waals surface area contributed by atoms with Crippen LogP contribution in [0.3, 0.4) is 0 Å². The topological polar surface area (TPSA) is 76.2 Å². The van der Waals surface area contributed by atoms with Crippen molar-refractivity contribution < 1.29 is 23.9 Å². The van der Waals surface area contributed by atoms with E-state index in [1.165, 1.54) is 4.90 Å². The van der Waals surface area contributed by atoms with Crippen LogP contribution in [-0.4, -0.2) is 60.4 Å². The van der Waals surface area contributed by atoms with Crippen molar-refractivity contribution in [2.75, 3.05) is 32.8 Å². The third-order valence-corrected chi connectivity index (χ3v) is 5.43. The van der Waals surface area contributed by atoms with Crippen LogP contribution < -0.4 is 4.74 Å². The first-order valence-corrected chi connectivity index (χ1v) is 10.2. The van der Waals surface area contributed by atoms with Crippen LogP contribution in [0.25, 0.3) is 0 Å². The highest BCUT2D eigenvalue weighted by molar-refractivity contribution is 5.98. The zero-order valence-electron chi connectivity index (χ0n) is 16.7. The molecule has 0 N–H and O–H groups in total. The Balaban J connectivity index is 1.35. The molecule has 4 rings (SSSR count). The second-order valence-electron chi connectivity index (χ2n) is 7.52. The Morgan fingerprint density at radius 3 is 2.43 bits per heavy atom. The third-order valence-electron chi connectivity index (χ3n) is 5.43. The van der Waals surface area contributed by atoms with Crippen LogP contribution in [-0.2, 0) is 9.53 Å². The Bertz CT molecular complexity index is 913. The average Bonchev–Trinajstić information content (AvgIpc) is 3.19. The second kappa shape index (κ2) is 8.98. The number of para-hydroxylation sites is 1. The number of hydrogen-bond acceptors (Lipinski definition) is 5. The first-order valence-electron chi connectivity index (χ1n) is 10.2. The van der Waals surface area contributed by atoms with Gasteiger partial charge in [0.2, 0.25) is 5.91 Å². The molecule has 0 spiro atoms. The van der Waals surface area contributed by atoms with Gasteiger partial charge in [0, 0.05) is 24.6 Å². The Morgan fingerprint density at radius 2 is 1.73 bits per heavy atom. The summed E-state index contributed by atoms with van der Waals surface area (Å²) >= 11 is 0. The minimum Gasteiger partial charge on any atom is -0.457 e. The highest BCUT2D eigenvalue weighted by Gasteiger charge is 2.31. The number of ketones is 1. The SMILES string of the molecule is O=C(c1ccc(Oc2ccccc2)cc1)C1CCCN(C(=O)CN2CCOC2=O)C1. The molecule has 30 heavy (non-hydrogen) atoms. The first-order chi connectivity index (χ1) is 14.6. The fourth-order valence-electron chi connectivity index (χ4n) is 3.80. The molecule has 2 aromatic rings. The van der Waals surface area contributed by atoms with Gasteiger partial charge in [0.05, 0.1) is 6.54 Å². The van der Waals surface area contributed by atoms with Gasteiger partial charge in [-0.1, -0.05) is 18.2 Å². The standard InChI is InChI=1S/C23H24N2O5/c26-21(16-25-13-14-29-23(25)28)24-12-4-5-18(15-24)22(27)17-8-10-20(11-9-17)30-19-6-2-1-3-7-19/h1-3,6-11,18H,4-5,12-16H2. The van der Waals surface area contributed by atoms with Crippen LogP contribution in [0.4, 0.5) is 4.79 Å². The molecule has 2 amide bonds. The van der Waals surface area contributed by atoms with Gasteiger partial charge >= 0.3 is 6.09 Å². The van der Waals surface area contributed by atoms with E-state index in [0.29, 0.717) is 37.6 Å². The van der Waals surface area contributed by atoms with Crippen molar-refractivity contribution in [2.45, 2.75) is 12.8 Å². The van der Waals surface area contributed by atoms with E-state index in [0.717, 1.165) is 18.6 Å². The molecule has 0 aliphatic carbocycles. The smallest absolute Gasteiger partial charge is 0.410 e. The molecule has 0 saturated carbocycles. The van der Waals surface area contributed by atoms with Gasteiger partial charge in [-0.3, -0.25) is 14.5 Å². The number of ether oxygens (including phenoxy) is 2. The average molecular weight is 408 g/mol. The molecule has 2 heterocycles. The third kappa shape index (κ3) is 4.62. The molecule has 0 bridgehead atoms. The highest BCUT2D eigenvalue weighted by Crippen LogP contribution is 2.25. The minimum absolute atomic E-state index is 0.00522. The van der Waals surface area contributed by atoms with Crippen LogP contribution >= 0.6 is 0 Å². The number of amides is 2. The molecule has 1 atom stereocenters. The fraction of sp³-hybridized carbons (Fsp3) is 0.348. The molecule has 2 aliphatic rings. The summed E-state index contributed by atoms with van der Waals surface area (Å²) in [7, 11) is 0. The lowest BCUT2D eigenvalue weighted by molar-refractivity contribution is -0.133. The van der Waals surface area contributed by atoms with Gasteiger partial charge in [-0.2, -0.15) is 0 Å². The van der Waals surface area contributed by atoms with E-state index in [2.05, 4.69) is 0 Å². The van der Waals surface area contributed by atoms with Crippen molar-refractivity contribution in [1.82, 2.24) is 9.80 Å². The van der Waals surface area contributed by atoms with Crippen LogP contribution in [0, 0.1) is 5.92 Å². The summed E-state index contributed by atoms with van der Waals surface area (Å²) in [6.45, 7) is 1.73. The van der Waals surface area contributed by atoms with Gasteiger partial charge in [-0.15, -0.1) is 0 Å². The normalized spacial score (nSPS) is 18.8. The number of benzene rings is 2. The van der Waals surface area contributed by atoms with Crippen molar-refractivity contribution in [1.29, 1.82) is 0 Å². The van der Waals surface area contributed by atoms with E-state index < -0.39 is 6.09 Å². The summed E-state index contributed by atoms with van der Waals surface area (Å²) in [5.41, 5.74) is 0.609. The highest BCUT2D eigenvalue weighted by atomic mass is 16.6. The van der Waals surface area contributed by atoms with Crippen LogP contribution in [0.5, 0.6) is 11.5 Å². The van der Waals surface area contributed by atoms with Crippen molar-refractivity contribution in [3.05, 3.63) is 60.2 Å². The molecular weight excluding hydrogens is 384 g/mol. The number of rotatable bonds is 6. The maximum absolute atomic E-state index is 13.0. The van der Waals surface area contributed by atoms with Crippen molar-refractivity contribution >= 4 is 17.8 Å². The summed E-state index contributed by atoms with van der Waals surface area (Å²) < 4.78 is 10.6. The zero-order chi connectivity index (χ0) is 20.9. The molecule has 2 fully saturated rings. The minimum atomic E-state index is -0.453. The largest absolute Gasteiger partial charge is 0.457 e. The second-order valence-corrected chi connectivity index (χ2v) is 7.52. The number of carbonyl (C=O) groups is 3. The molecule has 2 aliphatic heterocycles. The van der Waals surface area contributed by atoms with E-state index in [1.54, 1.807) is 29.2 Å². The number of cyclic esters (lactones) is 1. The summed E-state index contributed by atoms with van der Waals surface area (Å²) in [5, 5.41) is 0. The van der Waals surface area contributed by atoms with Crippen LogP contribution in [0.15, 0.2) is 54.6 Å². The zero-order valence-corrected chi connectivity index (χ0v) is 16.7. The van der Waals surface area contributed by atoms with Gasteiger partial charge in [-0.05, 0) is 49.2 Å². The number of carbonyl (C=O) groups excluding carboxylic acids is 3. The van der Waals surface area contributed by atoms with Gasteiger partial charge in [-0.25, -0.2) is 4.79 Å². The lowest BCUT2D eigenvalue weighted by Gasteiger charge is -2.32. The fourth-order valence-corrected chi connectivity index (χ4v) is 3.80. The summed E-state index contributed by atoms with van der Waals surface area (Å²) in [6.07, 6.45) is 1.06. The molecule has 0 aromatic heterocycles. The number of hydrogen-bond donors (Lipinski definition) is 0. The summed E-state index contributed by atoms with van der Waals surface area (Å²) in [6, 6.07) is 16.6. The van der Waals surface area contributed by atoms with E-state index in [1.807, 2.05) is 30.3 Å². The van der Waals surface area contributed by atoms with E-state index in [-0.39, 0.29) is 24.2 Å². The number of piperidine rings is 1. The predicted octanol–water partition coefficient (Wildman–Crippen LogP) is 3.35. The number of Topliss-reactive ketones (excluding diaryl/α,β-unsaturated/α-hetero) is 1. The van der Waals surface area contributed by atoms with Crippen molar-refractivity contribution in [3.8, 4) is 11.5 Å². The molecule has 7 nitrogen and oxygen atoms in total. The van der Waals surface area contributed by atoms with Crippen LogP contribution in [0.1, 0.15) is 23.2 Å². The Morgan fingerprint density at radius 1 is 1.00 bits per heavy atom. The van der Waals surface area contributed by atoms with Crippen LogP contribution in [0.2, 0.25) is 0 Å². The van der Waals surface area contributed by atoms with Crippen molar-refractivity contribution in [3.63, 3.8) is 0 Å². The summed E-state index contributed by atoms with van der Waals surface area (Å²) in [5.74, 6) is 1.04. The maximum Gasteiger partial charge on any atom is 0.410 e. The van der Waals surface area contributed by atoms with Gasteiger partial charge in [0.1, 0.15) is 24.7 Å². The Hall–Kier alpha value is -3.35. The van der Waals surface area contributed by atoms with E-state index >= 15 is 0 Å². The quantitative estimate of drug-likeness (QED) is 0.685. The van der Waals surface area contributed by atoms with Gasteiger partial charge in [0.15, 0.2) is 5.78 Å². The molecule has 156 valence electrons. The Kier molecular flexibility index (Phi) is 5.97. The molecule has 0 radical (unpaired) electrons. The van der Waals surface area contributed by atoms with E-state index in [9.17, 15) is 14.4 Å². The van der Waals surface area contributed by atoms with E-state index in [4.69, 9.17) is 9.47 Å². The summed E-state index contributed by atoms with van der Waals surface area (Å²) in [4.78, 5) is 40.2. The van der Waals surface area contributed by atoms with Gasteiger partial charge < -0.3 is 14.4 Å². The molecule has 2 saturated heterocycles. The lowest BCUT2D eigenvalue weighted by atomic mass is 9.90. The van der Waals surface area contributed by atoms with Crippen molar-refractivity contribution in [2.24, 2.45) is 5.92 Å². The molecular formula is C23H24N2O5. The van der Waals surface area contributed by atoms with Gasteiger partial charge in [0.25, 0.3) is 0 Å². The molecule has 2 aromatic carbocycles. The maximum atomic E-state index is 13.0. The molecule has 1 unspecified atom stereocenters. The monoisotopic (exact) mass is 408 g/mol. The number of nitrogens with zero attached hydrogens (tertiary/aromatic N) is 2. The first kappa shape index (κ1) is 19.9. The molecule has 7 heteroatoms.